The first-order chi connectivity index (χ1) is 12.4. The van der Waals surface area contributed by atoms with Gasteiger partial charge >= 0.3 is 0 Å². The molecular formula is C18H25N3O4. The number of ether oxygens (including phenoxy) is 4. The number of rotatable bonds is 13. The highest BCUT2D eigenvalue weighted by atomic mass is 16.6. The number of aromatic nitrogens is 2. The maximum Gasteiger partial charge on any atom is 0.216 e. The van der Waals surface area contributed by atoms with Crippen molar-refractivity contribution in [2.45, 2.75) is 0 Å². The Morgan fingerprint density at radius 1 is 0.760 bits per heavy atom. The predicted molar refractivity (Wildman–Crippen MR) is 94.5 cm³/mol. The van der Waals surface area contributed by atoms with E-state index in [0.29, 0.717) is 58.7 Å². The molecular weight excluding hydrogens is 322 g/mol. The largest absolute Gasteiger partial charge is 0.475 e. The van der Waals surface area contributed by atoms with Gasteiger partial charge < -0.3 is 24.7 Å². The maximum absolute atomic E-state index is 5.59. The normalized spacial score (nSPS) is 10.8. The monoisotopic (exact) mass is 347 g/mol. The minimum absolute atomic E-state index is 0.421. The van der Waals surface area contributed by atoms with Gasteiger partial charge in [0, 0.05) is 18.2 Å². The fourth-order valence-corrected chi connectivity index (χ4v) is 2.02. The molecule has 0 saturated heterocycles. The van der Waals surface area contributed by atoms with Crippen LogP contribution in [0.1, 0.15) is 0 Å². The van der Waals surface area contributed by atoms with E-state index in [0.717, 1.165) is 11.3 Å². The van der Waals surface area contributed by atoms with Crippen LogP contribution < -0.4 is 10.5 Å². The van der Waals surface area contributed by atoms with E-state index in [9.17, 15) is 0 Å². The number of nitrogens with zero attached hydrogens (tertiary/aromatic N) is 2. The van der Waals surface area contributed by atoms with Crippen molar-refractivity contribution in [1.29, 1.82) is 0 Å². The highest BCUT2D eigenvalue weighted by Crippen LogP contribution is 2.18. The Labute approximate surface area is 148 Å². The number of benzene rings is 1. The summed E-state index contributed by atoms with van der Waals surface area (Å²) in [5.41, 5.74) is 7.17. The van der Waals surface area contributed by atoms with Crippen LogP contribution in [0.5, 0.6) is 5.88 Å². The van der Waals surface area contributed by atoms with Gasteiger partial charge in [0.2, 0.25) is 5.88 Å². The quantitative estimate of drug-likeness (QED) is 0.550. The first-order valence-corrected chi connectivity index (χ1v) is 8.33. The van der Waals surface area contributed by atoms with Crippen LogP contribution in [0.2, 0.25) is 0 Å². The maximum atomic E-state index is 5.59. The number of hydrogen-bond donors (Lipinski definition) is 1. The summed E-state index contributed by atoms with van der Waals surface area (Å²) in [5, 5.41) is 0. The SMILES string of the molecule is NCCOCCOCCOCCOc1cc(-c2ccccc2)ncn1. The molecule has 1 aromatic heterocycles. The zero-order chi connectivity index (χ0) is 17.6. The van der Waals surface area contributed by atoms with Crippen molar-refractivity contribution in [3.05, 3.63) is 42.7 Å². The molecule has 1 aromatic carbocycles. The summed E-state index contributed by atoms with van der Waals surface area (Å²) in [6, 6.07) is 11.7. The average Bonchev–Trinajstić information content (AvgIpc) is 2.67. The van der Waals surface area contributed by atoms with Crippen molar-refractivity contribution in [2.24, 2.45) is 5.73 Å². The lowest BCUT2D eigenvalue weighted by Gasteiger charge is -2.08. The van der Waals surface area contributed by atoms with Gasteiger partial charge in [0.05, 0.1) is 45.3 Å². The Morgan fingerprint density at radius 2 is 1.40 bits per heavy atom. The average molecular weight is 347 g/mol. The zero-order valence-electron chi connectivity index (χ0n) is 14.3. The summed E-state index contributed by atoms with van der Waals surface area (Å²) in [7, 11) is 0. The second kappa shape index (κ2) is 12.3. The van der Waals surface area contributed by atoms with Gasteiger partial charge in [-0.15, -0.1) is 0 Å². The standard InChI is InChI=1S/C18H25N3O4/c19-6-7-22-8-9-23-10-11-24-12-13-25-18-14-17(20-15-21-18)16-4-2-1-3-5-16/h1-5,14-15H,6-13,19H2. The van der Waals surface area contributed by atoms with Crippen molar-refractivity contribution in [3.8, 4) is 17.1 Å². The van der Waals surface area contributed by atoms with E-state index >= 15 is 0 Å². The Bertz CT molecular complexity index is 584. The van der Waals surface area contributed by atoms with Crippen molar-refractivity contribution in [3.63, 3.8) is 0 Å². The van der Waals surface area contributed by atoms with Gasteiger partial charge in [-0.05, 0) is 0 Å². The summed E-state index contributed by atoms with van der Waals surface area (Å²) in [6.45, 7) is 4.12. The van der Waals surface area contributed by atoms with Gasteiger partial charge in [0.1, 0.15) is 12.9 Å². The molecule has 0 radical (unpaired) electrons. The third-order valence-electron chi connectivity index (χ3n) is 3.20. The molecule has 136 valence electrons. The predicted octanol–water partition coefficient (Wildman–Crippen LogP) is 1.53. The zero-order valence-corrected chi connectivity index (χ0v) is 14.3. The molecule has 0 unspecified atom stereocenters. The van der Waals surface area contributed by atoms with Crippen LogP contribution in [0.25, 0.3) is 11.3 Å². The van der Waals surface area contributed by atoms with E-state index in [-0.39, 0.29) is 0 Å². The van der Waals surface area contributed by atoms with E-state index in [4.69, 9.17) is 24.7 Å². The molecule has 0 aliphatic rings. The van der Waals surface area contributed by atoms with Gasteiger partial charge in [-0.25, -0.2) is 9.97 Å². The highest BCUT2D eigenvalue weighted by molar-refractivity contribution is 5.59. The van der Waals surface area contributed by atoms with Gasteiger partial charge in [0.15, 0.2) is 0 Å². The van der Waals surface area contributed by atoms with E-state index in [1.807, 2.05) is 36.4 Å². The highest BCUT2D eigenvalue weighted by Gasteiger charge is 2.02. The van der Waals surface area contributed by atoms with Crippen molar-refractivity contribution in [1.82, 2.24) is 9.97 Å². The molecule has 0 aliphatic carbocycles. The van der Waals surface area contributed by atoms with Crippen molar-refractivity contribution in [2.75, 3.05) is 52.8 Å². The summed E-state index contributed by atoms with van der Waals surface area (Å²) >= 11 is 0. The molecule has 1 heterocycles. The molecule has 2 N–H and O–H groups in total. The van der Waals surface area contributed by atoms with E-state index in [1.54, 1.807) is 0 Å². The van der Waals surface area contributed by atoms with Crippen LogP contribution in [0, 0.1) is 0 Å². The summed E-state index contributed by atoms with van der Waals surface area (Å²) in [5.74, 6) is 0.533. The molecule has 7 nitrogen and oxygen atoms in total. The van der Waals surface area contributed by atoms with Gasteiger partial charge in [-0.2, -0.15) is 0 Å². The second-order valence-corrected chi connectivity index (χ2v) is 5.08. The smallest absolute Gasteiger partial charge is 0.216 e. The molecule has 2 aromatic rings. The molecule has 0 bridgehead atoms. The molecule has 0 amide bonds. The lowest BCUT2D eigenvalue weighted by Crippen LogP contribution is -2.14. The summed E-state index contributed by atoms with van der Waals surface area (Å²) in [4.78, 5) is 8.37. The Hall–Kier alpha value is -2.06. The summed E-state index contributed by atoms with van der Waals surface area (Å²) in [6.07, 6.45) is 1.50. The lowest BCUT2D eigenvalue weighted by molar-refractivity contribution is 0.0103. The fourth-order valence-electron chi connectivity index (χ4n) is 2.02. The van der Waals surface area contributed by atoms with E-state index in [2.05, 4.69) is 9.97 Å². The van der Waals surface area contributed by atoms with Crippen LogP contribution in [-0.4, -0.2) is 62.8 Å². The topological polar surface area (TPSA) is 88.7 Å². The molecule has 0 atom stereocenters. The third kappa shape index (κ3) is 8.04. The minimum Gasteiger partial charge on any atom is -0.475 e. The molecule has 0 aliphatic heterocycles. The molecule has 7 heteroatoms. The van der Waals surface area contributed by atoms with Crippen LogP contribution in [0.15, 0.2) is 42.7 Å². The van der Waals surface area contributed by atoms with Crippen molar-refractivity contribution < 1.29 is 18.9 Å². The second-order valence-electron chi connectivity index (χ2n) is 5.08. The van der Waals surface area contributed by atoms with Crippen LogP contribution in [-0.2, 0) is 14.2 Å². The first kappa shape index (κ1) is 19.3. The van der Waals surface area contributed by atoms with Gasteiger partial charge in [-0.3, -0.25) is 0 Å². The molecule has 25 heavy (non-hydrogen) atoms. The Morgan fingerprint density at radius 3 is 2.08 bits per heavy atom. The molecule has 2 rings (SSSR count). The molecule has 0 saturated carbocycles. The number of hydrogen-bond acceptors (Lipinski definition) is 7. The van der Waals surface area contributed by atoms with Crippen molar-refractivity contribution >= 4 is 0 Å². The van der Waals surface area contributed by atoms with E-state index in [1.165, 1.54) is 6.33 Å². The fraction of sp³-hybridized carbons (Fsp3) is 0.444. The van der Waals surface area contributed by atoms with Gasteiger partial charge in [0.25, 0.3) is 0 Å². The Kier molecular flexibility index (Phi) is 9.50. The summed E-state index contributed by atoms with van der Waals surface area (Å²) < 4.78 is 21.6. The molecule has 0 spiro atoms. The third-order valence-corrected chi connectivity index (χ3v) is 3.20. The lowest BCUT2D eigenvalue weighted by atomic mass is 10.1. The van der Waals surface area contributed by atoms with Crippen LogP contribution in [0.4, 0.5) is 0 Å². The van der Waals surface area contributed by atoms with Gasteiger partial charge in [-0.1, -0.05) is 30.3 Å². The minimum atomic E-state index is 0.421. The van der Waals surface area contributed by atoms with Crippen LogP contribution >= 0.6 is 0 Å². The van der Waals surface area contributed by atoms with E-state index < -0.39 is 0 Å². The molecule has 0 fully saturated rings. The number of nitrogens with two attached hydrogens (primary N) is 1. The Balaban J connectivity index is 1.55. The first-order valence-electron chi connectivity index (χ1n) is 8.33. The van der Waals surface area contributed by atoms with Crippen LogP contribution in [0.3, 0.4) is 0 Å².